The number of hydrogen-bond donors (Lipinski definition) is 1. The van der Waals surface area contributed by atoms with Crippen LogP contribution in [0.5, 0.6) is 17.2 Å². The van der Waals surface area contributed by atoms with Crippen LogP contribution >= 0.6 is 36.7 Å². The van der Waals surface area contributed by atoms with Crippen molar-refractivity contribution in [1.82, 2.24) is 15.1 Å². The van der Waals surface area contributed by atoms with Crippen molar-refractivity contribution < 1.29 is 51.4 Å². The lowest BCUT2D eigenvalue weighted by Gasteiger charge is -2.29. The van der Waals surface area contributed by atoms with Crippen LogP contribution < -0.4 is 48.9 Å². The van der Waals surface area contributed by atoms with Gasteiger partial charge in [-0.3, -0.25) is 38.7 Å². The molecule has 12 rings (SSSR count). The van der Waals surface area contributed by atoms with Crippen LogP contribution in [-0.2, 0) is 24.0 Å². The number of carbonyl (C=O) groups is 5. The molecule has 99 heavy (non-hydrogen) atoms. The summed E-state index contributed by atoms with van der Waals surface area (Å²) in [5, 5.41) is 3.91. The van der Waals surface area contributed by atoms with Gasteiger partial charge in [-0.05, 0) is 201 Å². The number of ether oxygens (including phenoxy) is 3. The van der Waals surface area contributed by atoms with E-state index in [1.54, 1.807) is 159 Å². The topological polar surface area (TPSA) is 164 Å². The summed E-state index contributed by atoms with van der Waals surface area (Å²) in [4.78, 5) is 86.0. The molecule has 0 aromatic heterocycles. The Hall–Kier alpha value is -10.0. The molecule has 5 amide bonds. The summed E-state index contributed by atoms with van der Waals surface area (Å²) in [5.74, 6) is -2.02. The average molecular weight is 1400 g/mol. The van der Waals surface area contributed by atoms with Crippen molar-refractivity contribution >= 4 is 133 Å². The van der Waals surface area contributed by atoms with E-state index in [4.69, 9.17) is 70.6 Å². The van der Waals surface area contributed by atoms with E-state index < -0.39 is 34.1 Å². The largest absolute Gasteiger partial charge is 0.486 e. The molecule has 1 N–H and O–H groups in total. The molecule has 3 unspecified atom stereocenters. The molecule has 6 aliphatic rings. The van der Waals surface area contributed by atoms with Gasteiger partial charge in [0.25, 0.3) is 17.7 Å². The van der Waals surface area contributed by atoms with Crippen molar-refractivity contribution in [2.75, 3.05) is 68.7 Å². The van der Waals surface area contributed by atoms with Gasteiger partial charge in [0.15, 0.2) is 67.1 Å². The summed E-state index contributed by atoms with van der Waals surface area (Å²) in [6, 6.07) is 29.0. The maximum Gasteiger partial charge on any atom is 0.259 e. The minimum atomic E-state index is -1.05. The summed E-state index contributed by atoms with van der Waals surface area (Å²) in [6.45, 7) is 44.2. The summed E-state index contributed by atoms with van der Waals surface area (Å²) in [5.41, 5.74) is 3.71. The van der Waals surface area contributed by atoms with Crippen molar-refractivity contribution in [3.05, 3.63) is 178 Å². The Morgan fingerprint density at radius 3 is 1.00 bits per heavy atom. The fourth-order valence-corrected chi connectivity index (χ4v) is 14.3. The quantitative estimate of drug-likeness (QED) is 0.0908. The monoisotopic (exact) mass is 1400 g/mol. The lowest BCUT2D eigenvalue weighted by Crippen LogP contribution is -2.44. The SMILES string of the molecule is [C-]#[N+]c1ccc(N2C(=O)C(C)(C)N(c3ccc(OC4CCN(C(C)=O)C4)c(F)c3)C2=S)cc1C.[C-]#[N+]c1ccc(N2C(=O)C(C)(C)N(c3ccc(OC4CCN(C(C)=O)C4)c(F)c3)C2=S)cc1C.[C-]#[N+]c1ccc(N2C(=O)C(C)(C)N(c3ccc(OC4CCNC4)c(F)c3)C2=S)cc1C. The molecule has 0 spiro atoms. The molecule has 6 aromatic carbocycles. The van der Waals surface area contributed by atoms with Crippen LogP contribution in [0.25, 0.3) is 14.5 Å². The van der Waals surface area contributed by atoms with Crippen molar-refractivity contribution in [1.29, 1.82) is 0 Å². The molecule has 20 nitrogen and oxygen atoms in total. The molecule has 6 fully saturated rings. The van der Waals surface area contributed by atoms with Gasteiger partial charge in [0.2, 0.25) is 11.8 Å². The first-order valence-electron chi connectivity index (χ1n) is 31.9. The van der Waals surface area contributed by atoms with E-state index in [1.165, 1.54) is 58.9 Å². The maximum absolute atomic E-state index is 15.0. The highest BCUT2D eigenvalue weighted by Crippen LogP contribution is 2.43. The van der Waals surface area contributed by atoms with Crippen LogP contribution in [0.4, 0.5) is 64.4 Å². The number of aryl methyl sites for hydroxylation is 3. The maximum atomic E-state index is 15.0. The van der Waals surface area contributed by atoms with Gasteiger partial charge in [0.1, 0.15) is 34.9 Å². The summed E-state index contributed by atoms with van der Waals surface area (Å²) < 4.78 is 62.3. The van der Waals surface area contributed by atoms with E-state index in [1.807, 2.05) is 6.92 Å². The number of carbonyl (C=O) groups excluding carboxylic acids is 5. The zero-order valence-electron chi connectivity index (χ0n) is 56.5. The standard InChI is InChI=1S/2C25H25FN4O3S.C23H23FN4O2S/c2*1-15-12-17(6-8-21(15)27-5)29-23(32)25(3,4)30(24(29)34)18-7-9-22(20(26)13-18)33-19-10-11-28(14-19)16(2)31;1-14-11-15(5-7-19(14)25-4)27-21(29)23(2,3)28(22(27)31)16-6-8-20(18(24)12-16)30-17-9-10-26-13-17/h2*6-9,12-13,19H,10-11,14H2,1-4H3;5-8,11-12,17,26H,9-10,13H2,1-3H3. The second kappa shape index (κ2) is 28.4. The number of amides is 5. The van der Waals surface area contributed by atoms with Crippen LogP contribution in [-0.4, -0.2) is 129 Å². The van der Waals surface area contributed by atoms with E-state index >= 15 is 8.78 Å². The third kappa shape index (κ3) is 14.1. The number of rotatable bonds is 12. The first-order chi connectivity index (χ1) is 46.8. The lowest BCUT2D eigenvalue weighted by atomic mass is 10.0. The Bertz CT molecular complexity index is 4270. The predicted molar refractivity (Wildman–Crippen MR) is 386 cm³/mol. The smallest absolute Gasteiger partial charge is 0.259 e. The summed E-state index contributed by atoms with van der Waals surface area (Å²) >= 11 is 17.0. The molecule has 3 atom stereocenters. The first kappa shape index (κ1) is 71.7. The molecular weight excluding hydrogens is 1330 g/mol. The van der Waals surface area contributed by atoms with Gasteiger partial charge in [-0.15, -0.1) is 0 Å². The third-order valence-corrected chi connectivity index (χ3v) is 19.4. The Morgan fingerprint density at radius 1 is 0.465 bits per heavy atom. The lowest BCUT2D eigenvalue weighted by molar-refractivity contribution is -0.128. The minimum absolute atomic E-state index is 0.0279. The number of benzene rings is 6. The number of nitrogens with zero attached hydrogens (tertiary/aromatic N) is 11. The molecule has 6 saturated heterocycles. The van der Waals surface area contributed by atoms with Gasteiger partial charge in [0.05, 0.1) is 32.8 Å². The molecule has 0 bridgehead atoms. The second-order valence-electron chi connectivity index (χ2n) is 26.3. The van der Waals surface area contributed by atoms with E-state index in [0.29, 0.717) is 96.8 Å². The highest BCUT2D eigenvalue weighted by Gasteiger charge is 2.53. The van der Waals surface area contributed by atoms with Crippen molar-refractivity contribution in [2.45, 2.75) is 130 Å². The highest BCUT2D eigenvalue weighted by molar-refractivity contribution is 7.81. The molecule has 6 aliphatic heterocycles. The molecule has 6 heterocycles. The van der Waals surface area contributed by atoms with Crippen LogP contribution in [0, 0.1) is 57.9 Å². The molecular formula is C73H73F3N12O8S3. The number of nitrogens with one attached hydrogen (secondary N) is 1. The van der Waals surface area contributed by atoms with Crippen molar-refractivity contribution in [3.63, 3.8) is 0 Å². The third-order valence-electron chi connectivity index (χ3n) is 18.3. The molecule has 0 radical (unpaired) electrons. The average Bonchev–Trinajstić information content (AvgIpc) is 1.60. The first-order valence-corrected chi connectivity index (χ1v) is 33.2. The van der Waals surface area contributed by atoms with E-state index in [9.17, 15) is 28.4 Å². The summed E-state index contributed by atoms with van der Waals surface area (Å²) in [7, 11) is 0. The van der Waals surface area contributed by atoms with Gasteiger partial charge >= 0.3 is 0 Å². The second-order valence-corrected chi connectivity index (χ2v) is 27.4. The molecule has 512 valence electrons. The molecule has 0 saturated carbocycles. The van der Waals surface area contributed by atoms with Crippen LogP contribution in [0.15, 0.2) is 109 Å². The van der Waals surface area contributed by atoms with E-state index in [0.717, 1.165) is 29.7 Å². The normalized spacial score (nSPS) is 19.8. The summed E-state index contributed by atoms with van der Waals surface area (Å²) in [6.07, 6.45) is 1.51. The number of likely N-dealkylation sites (tertiary alicyclic amines) is 2. The Kier molecular flexibility index (Phi) is 20.6. The zero-order valence-corrected chi connectivity index (χ0v) is 59.0. The Balaban J connectivity index is 0.000000161. The highest BCUT2D eigenvalue weighted by atomic mass is 32.1. The van der Waals surface area contributed by atoms with E-state index in [2.05, 4.69) is 19.9 Å². The van der Waals surface area contributed by atoms with Crippen LogP contribution in [0.1, 0.15) is 91.3 Å². The van der Waals surface area contributed by atoms with Crippen LogP contribution in [0.2, 0.25) is 0 Å². The van der Waals surface area contributed by atoms with Gasteiger partial charge in [-0.1, -0.05) is 18.2 Å². The fraction of sp³-hybridized carbons (Fsp3) is 0.356. The van der Waals surface area contributed by atoms with Crippen LogP contribution in [0.3, 0.4) is 0 Å². The van der Waals surface area contributed by atoms with E-state index in [-0.39, 0.29) is 80.4 Å². The van der Waals surface area contributed by atoms with Crippen molar-refractivity contribution in [2.24, 2.45) is 0 Å². The van der Waals surface area contributed by atoms with Crippen molar-refractivity contribution in [3.8, 4) is 17.2 Å². The number of halogens is 3. The van der Waals surface area contributed by atoms with Gasteiger partial charge in [-0.25, -0.2) is 27.7 Å². The van der Waals surface area contributed by atoms with Gasteiger partial charge < -0.3 is 44.0 Å². The number of thiocarbonyl (C=S) groups is 3. The van der Waals surface area contributed by atoms with Gasteiger partial charge in [-0.2, -0.15) is 0 Å². The number of anilines is 6. The number of hydrogen-bond acceptors (Lipinski definition) is 12. The molecule has 0 aliphatic carbocycles. The fourth-order valence-electron chi connectivity index (χ4n) is 12.7. The zero-order chi connectivity index (χ0) is 71.9. The predicted octanol–water partition coefficient (Wildman–Crippen LogP) is 13.5. The Morgan fingerprint density at radius 2 is 0.758 bits per heavy atom. The molecule has 6 aromatic rings. The minimum Gasteiger partial charge on any atom is -0.486 e. The molecule has 26 heteroatoms. The Labute approximate surface area is 589 Å². The van der Waals surface area contributed by atoms with Gasteiger partial charge in [0, 0.05) is 98.6 Å².